The van der Waals surface area contributed by atoms with Crippen molar-refractivity contribution in [1.29, 1.82) is 0 Å². The highest BCUT2D eigenvalue weighted by molar-refractivity contribution is 5.94. The second-order valence-corrected chi connectivity index (χ2v) is 5.00. The summed E-state index contributed by atoms with van der Waals surface area (Å²) in [4.78, 5) is 23.6. The lowest BCUT2D eigenvalue weighted by Gasteiger charge is -2.16. The van der Waals surface area contributed by atoms with E-state index in [0.717, 1.165) is 6.07 Å². The number of esters is 1. The molecule has 0 unspecified atom stereocenters. The first-order chi connectivity index (χ1) is 10.4. The molecule has 1 amide bonds. The highest BCUT2D eigenvalue weighted by Gasteiger charge is 2.19. The largest absolute Gasteiger partial charge is 0.460 e. The topological polar surface area (TPSA) is 107 Å². The molecule has 1 rings (SSSR count). The first kappa shape index (κ1) is 18.1. The van der Waals surface area contributed by atoms with Crippen molar-refractivity contribution in [3.8, 4) is 0 Å². The van der Waals surface area contributed by atoms with Crippen molar-refractivity contribution in [2.45, 2.75) is 32.4 Å². The minimum absolute atomic E-state index is 0.104. The number of nitrogens with one attached hydrogen (secondary N) is 1. The number of carbonyl (C=O) groups excluding carboxylic acids is 2. The fraction of sp³-hybridized carbons (Fsp3) is 0.467. The maximum atomic E-state index is 13.4. The Balaban J connectivity index is 2.59. The molecule has 2 atom stereocenters. The summed E-state index contributed by atoms with van der Waals surface area (Å²) in [5, 5.41) is 2.49. The van der Waals surface area contributed by atoms with Gasteiger partial charge in [-0.2, -0.15) is 0 Å². The van der Waals surface area contributed by atoms with Crippen LogP contribution in [0.5, 0.6) is 0 Å². The van der Waals surface area contributed by atoms with E-state index in [-0.39, 0.29) is 18.7 Å². The lowest BCUT2D eigenvalue weighted by Crippen LogP contribution is -2.44. The van der Waals surface area contributed by atoms with Crippen LogP contribution in [0, 0.1) is 5.82 Å². The normalized spacial score (nSPS) is 13.3. The molecular formula is C15H22FN3O3. The van der Waals surface area contributed by atoms with Crippen LogP contribution in [0.3, 0.4) is 0 Å². The van der Waals surface area contributed by atoms with E-state index in [1.807, 2.05) is 6.92 Å². The van der Waals surface area contributed by atoms with E-state index < -0.39 is 29.8 Å². The van der Waals surface area contributed by atoms with Crippen LogP contribution in [-0.4, -0.2) is 37.1 Å². The standard InChI is InChI=1S/C15H22FN3O3/c1-3-10-4-11(6-12(16)5-10)14(20)19-8-13(18)15(21)22-9(2)7-17/h4-6,9,13H,3,7-8,17-18H2,1-2H3,(H,19,20)/t9-,13+/m0/s1. The minimum atomic E-state index is -1.00. The Bertz CT molecular complexity index is 537. The van der Waals surface area contributed by atoms with Gasteiger partial charge in [0.2, 0.25) is 0 Å². The molecule has 1 aromatic carbocycles. The molecule has 0 saturated carbocycles. The Morgan fingerprint density at radius 1 is 1.36 bits per heavy atom. The number of carbonyl (C=O) groups is 2. The molecule has 6 nitrogen and oxygen atoms in total. The van der Waals surface area contributed by atoms with Crippen LogP contribution in [0.2, 0.25) is 0 Å². The van der Waals surface area contributed by atoms with Crippen molar-refractivity contribution in [2.24, 2.45) is 11.5 Å². The van der Waals surface area contributed by atoms with Gasteiger partial charge < -0.3 is 21.5 Å². The zero-order chi connectivity index (χ0) is 16.7. The van der Waals surface area contributed by atoms with Gasteiger partial charge in [0, 0.05) is 18.7 Å². The molecule has 5 N–H and O–H groups in total. The molecule has 0 aliphatic rings. The minimum Gasteiger partial charge on any atom is -0.460 e. The number of amides is 1. The molecule has 0 radical (unpaired) electrons. The average molecular weight is 311 g/mol. The Morgan fingerprint density at radius 3 is 2.64 bits per heavy atom. The van der Waals surface area contributed by atoms with E-state index in [1.54, 1.807) is 13.0 Å². The van der Waals surface area contributed by atoms with Gasteiger partial charge in [0.1, 0.15) is 18.0 Å². The van der Waals surface area contributed by atoms with E-state index in [9.17, 15) is 14.0 Å². The van der Waals surface area contributed by atoms with E-state index in [2.05, 4.69) is 5.32 Å². The first-order valence-electron chi connectivity index (χ1n) is 7.11. The summed E-state index contributed by atoms with van der Waals surface area (Å²) in [7, 11) is 0. The number of hydrogen-bond acceptors (Lipinski definition) is 5. The molecule has 122 valence electrons. The second kappa shape index (κ2) is 8.45. The molecule has 0 heterocycles. The van der Waals surface area contributed by atoms with Crippen LogP contribution in [0.15, 0.2) is 18.2 Å². The molecule has 7 heteroatoms. The van der Waals surface area contributed by atoms with Crippen LogP contribution < -0.4 is 16.8 Å². The summed E-state index contributed by atoms with van der Waals surface area (Å²) < 4.78 is 18.3. The van der Waals surface area contributed by atoms with Crippen molar-refractivity contribution in [3.63, 3.8) is 0 Å². The lowest BCUT2D eigenvalue weighted by molar-refractivity contribution is -0.149. The van der Waals surface area contributed by atoms with Crippen LogP contribution >= 0.6 is 0 Å². The molecule has 0 aliphatic heterocycles. The summed E-state index contributed by atoms with van der Waals surface area (Å²) in [6.45, 7) is 3.59. The summed E-state index contributed by atoms with van der Waals surface area (Å²) >= 11 is 0. The third kappa shape index (κ3) is 5.42. The maximum Gasteiger partial charge on any atom is 0.325 e. The predicted octanol–water partition coefficient (Wildman–Crippen LogP) is 0.336. The van der Waals surface area contributed by atoms with Gasteiger partial charge >= 0.3 is 5.97 Å². The number of halogens is 1. The third-order valence-electron chi connectivity index (χ3n) is 3.06. The van der Waals surface area contributed by atoms with Crippen LogP contribution in [0.1, 0.15) is 29.8 Å². The zero-order valence-electron chi connectivity index (χ0n) is 12.8. The molecule has 0 bridgehead atoms. The Morgan fingerprint density at radius 2 is 2.05 bits per heavy atom. The predicted molar refractivity (Wildman–Crippen MR) is 80.7 cm³/mol. The summed E-state index contributed by atoms with van der Waals surface area (Å²) in [5.41, 5.74) is 11.9. The van der Waals surface area contributed by atoms with Gasteiger partial charge in [-0.15, -0.1) is 0 Å². The molecular weight excluding hydrogens is 289 g/mol. The third-order valence-corrected chi connectivity index (χ3v) is 3.06. The number of benzene rings is 1. The Labute approximate surface area is 129 Å². The van der Waals surface area contributed by atoms with Crippen molar-refractivity contribution in [2.75, 3.05) is 13.1 Å². The number of ether oxygens (including phenoxy) is 1. The number of aryl methyl sites for hydroxylation is 1. The van der Waals surface area contributed by atoms with Crippen LogP contribution in [-0.2, 0) is 16.0 Å². The van der Waals surface area contributed by atoms with E-state index in [1.165, 1.54) is 6.07 Å². The van der Waals surface area contributed by atoms with E-state index >= 15 is 0 Å². The smallest absolute Gasteiger partial charge is 0.325 e. The molecule has 22 heavy (non-hydrogen) atoms. The molecule has 0 aromatic heterocycles. The zero-order valence-corrected chi connectivity index (χ0v) is 12.8. The number of nitrogens with two attached hydrogens (primary N) is 2. The highest BCUT2D eigenvalue weighted by atomic mass is 19.1. The van der Waals surface area contributed by atoms with Gasteiger partial charge in [0.15, 0.2) is 0 Å². The van der Waals surface area contributed by atoms with Gasteiger partial charge in [-0.1, -0.05) is 6.92 Å². The average Bonchev–Trinajstić information content (AvgIpc) is 2.51. The monoisotopic (exact) mass is 311 g/mol. The van der Waals surface area contributed by atoms with Crippen LogP contribution in [0.25, 0.3) is 0 Å². The molecule has 0 saturated heterocycles. The Kier molecular flexibility index (Phi) is 6.94. The molecule has 0 fully saturated rings. The SMILES string of the molecule is CCc1cc(F)cc(C(=O)NC[C@@H](N)C(=O)O[C@@H](C)CN)c1. The van der Waals surface area contributed by atoms with E-state index in [0.29, 0.717) is 12.0 Å². The van der Waals surface area contributed by atoms with Crippen molar-refractivity contribution < 1.29 is 18.7 Å². The summed E-state index contributed by atoms with van der Waals surface area (Å²) in [6, 6.07) is 3.10. The van der Waals surface area contributed by atoms with Gasteiger partial charge in [-0.3, -0.25) is 9.59 Å². The molecule has 0 aliphatic carbocycles. The molecule has 0 spiro atoms. The van der Waals surface area contributed by atoms with Crippen molar-refractivity contribution in [1.82, 2.24) is 5.32 Å². The summed E-state index contributed by atoms with van der Waals surface area (Å²) in [5.74, 6) is -1.62. The Hall–Kier alpha value is -1.99. The van der Waals surface area contributed by atoms with Gasteiger partial charge in [0.25, 0.3) is 5.91 Å². The molecule has 1 aromatic rings. The van der Waals surface area contributed by atoms with Crippen molar-refractivity contribution >= 4 is 11.9 Å². The highest BCUT2D eigenvalue weighted by Crippen LogP contribution is 2.10. The fourth-order valence-corrected chi connectivity index (χ4v) is 1.71. The summed E-state index contributed by atoms with van der Waals surface area (Å²) in [6.07, 6.45) is 0.172. The fourth-order valence-electron chi connectivity index (χ4n) is 1.71. The quantitative estimate of drug-likeness (QED) is 0.629. The van der Waals surface area contributed by atoms with E-state index in [4.69, 9.17) is 16.2 Å². The number of hydrogen-bond donors (Lipinski definition) is 3. The number of rotatable bonds is 7. The van der Waals surface area contributed by atoms with Crippen molar-refractivity contribution in [3.05, 3.63) is 35.1 Å². The van der Waals surface area contributed by atoms with Gasteiger partial charge in [-0.05, 0) is 37.1 Å². The maximum absolute atomic E-state index is 13.4. The van der Waals surface area contributed by atoms with Gasteiger partial charge in [-0.25, -0.2) is 4.39 Å². The second-order valence-electron chi connectivity index (χ2n) is 5.00. The first-order valence-corrected chi connectivity index (χ1v) is 7.11. The van der Waals surface area contributed by atoms with Crippen LogP contribution in [0.4, 0.5) is 4.39 Å². The lowest BCUT2D eigenvalue weighted by atomic mass is 10.1. The van der Waals surface area contributed by atoms with Gasteiger partial charge in [0.05, 0.1) is 0 Å².